The van der Waals surface area contributed by atoms with Crippen LogP contribution in [-0.4, -0.2) is 18.8 Å². The molecular weight excluding hydrogens is 250 g/mol. The number of hydrogen-bond acceptors (Lipinski definition) is 3. The Hall–Kier alpha value is -2.00. The zero-order valence-corrected chi connectivity index (χ0v) is 12.2. The van der Waals surface area contributed by atoms with Gasteiger partial charge in [0.05, 0.1) is 19.3 Å². The van der Waals surface area contributed by atoms with Crippen molar-refractivity contribution in [1.82, 2.24) is 0 Å². The molecule has 0 aliphatic rings. The molecule has 3 nitrogen and oxygen atoms in total. The molecule has 0 aromatic heterocycles. The molecule has 0 radical (unpaired) electrons. The fraction of sp³-hybridized carbons (Fsp3) is 0.294. The van der Waals surface area contributed by atoms with E-state index in [9.17, 15) is 5.11 Å². The third-order valence-corrected chi connectivity index (χ3v) is 3.46. The summed E-state index contributed by atoms with van der Waals surface area (Å²) in [6.45, 7) is 3.99. The number of aliphatic hydroxyl groups excluding tert-OH is 1. The minimum absolute atomic E-state index is 0.0265. The maximum absolute atomic E-state index is 9.87. The lowest BCUT2D eigenvalue weighted by molar-refractivity contribution is 0.220. The quantitative estimate of drug-likeness (QED) is 0.876. The van der Waals surface area contributed by atoms with Gasteiger partial charge in [0.1, 0.15) is 5.75 Å². The first-order valence-corrected chi connectivity index (χ1v) is 6.68. The topological polar surface area (TPSA) is 41.5 Å². The Morgan fingerprint density at radius 1 is 1.15 bits per heavy atom. The molecule has 20 heavy (non-hydrogen) atoms. The van der Waals surface area contributed by atoms with Crippen LogP contribution < -0.4 is 10.1 Å². The average molecular weight is 271 g/mol. The highest BCUT2D eigenvalue weighted by molar-refractivity contribution is 5.52. The number of hydrogen-bond donors (Lipinski definition) is 2. The lowest BCUT2D eigenvalue weighted by Gasteiger charge is -2.32. The molecule has 2 N–H and O–H groups in total. The molecule has 0 aliphatic heterocycles. The Morgan fingerprint density at radius 3 is 2.55 bits per heavy atom. The smallest absolute Gasteiger partial charge is 0.124 e. The summed E-state index contributed by atoms with van der Waals surface area (Å²) >= 11 is 0. The second kappa shape index (κ2) is 5.97. The first kappa shape index (κ1) is 14.4. The summed E-state index contributed by atoms with van der Waals surface area (Å²) in [6.07, 6.45) is 0. The summed E-state index contributed by atoms with van der Waals surface area (Å²) in [7, 11) is 1.64. The Bertz CT molecular complexity index is 583. The van der Waals surface area contributed by atoms with E-state index in [0.717, 1.165) is 17.0 Å². The monoisotopic (exact) mass is 271 g/mol. The van der Waals surface area contributed by atoms with E-state index in [1.54, 1.807) is 7.11 Å². The molecule has 0 aliphatic carbocycles. The van der Waals surface area contributed by atoms with E-state index in [-0.39, 0.29) is 6.61 Å². The van der Waals surface area contributed by atoms with Gasteiger partial charge in [-0.3, -0.25) is 0 Å². The number of para-hydroxylation sites is 1. The van der Waals surface area contributed by atoms with Gasteiger partial charge in [-0.2, -0.15) is 0 Å². The average Bonchev–Trinajstić information content (AvgIpc) is 2.47. The van der Waals surface area contributed by atoms with Gasteiger partial charge in [-0.05, 0) is 37.6 Å². The van der Waals surface area contributed by atoms with Crippen molar-refractivity contribution in [1.29, 1.82) is 0 Å². The van der Waals surface area contributed by atoms with Crippen molar-refractivity contribution in [2.45, 2.75) is 19.4 Å². The highest BCUT2D eigenvalue weighted by Crippen LogP contribution is 2.32. The highest BCUT2D eigenvalue weighted by atomic mass is 16.5. The SMILES string of the molecule is COc1ccccc1C(C)(CO)Nc1cccc(C)c1. The predicted octanol–water partition coefficient (Wildman–Crippen LogP) is 3.32. The van der Waals surface area contributed by atoms with Crippen molar-refractivity contribution >= 4 is 5.69 Å². The van der Waals surface area contributed by atoms with Crippen LogP contribution in [0.25, 0.3) is 0 Å². The molecule has 1 unspecified atom stereocenters. The molecule has 3 heteroatoms. The number of aliphatic hydroxyl groups is 1. The Labute approximate surface area is 120 Å². The molecule has 2 aromatic rings. The minimum atomic E-state index is -0.597. The summed E-state index contributed by atoms with van der Waals surface area (Å²) in [5, 5.41) is 13.3. The molecular formula is C17H21NO2. The third-order valence-electron chi connectivity index (χ3n) is 3.46. The molecule has 0 saturated carbocycles. The molecule has 0 bridgehead atoms. The van der Waals surface area contributed by atoms with E-state index in [2.05, 4.69) is 11.4 Å². The maximum Gasteiger partial charge on any atom is 0.124 e. The van der Waals surface area contributed by atoms with Crippen molar-refractivity contribution < 1.29 is 9.84 Å². The van der Waals surface area contributed by atoms with E-state index < -0.39 is 5.54 Å². The van der Waals surface area contributed by atoms with E-state index in [1.807, 2.05) is 56.3 Å². The molecule has 2 aromatic carbocycles. The van der Waals surface area contributed by atoms with Gasteiger partial charge in [-0.1, -0.05) is 30.3 Å². The number of methoxy groups -OCH3 is 1. The zero-order chi connectivity index (χ0) is 14.6. The molecule has 0 amide bonds. The third kappa shape index (κ3) is 2.94. The van der Waals surface area contributed by atoms with Gasteiger partial charge >= 0.3 is 0 Å². The summed E-state index contributed by atoms with van der Waals surface area (Å²) in [6, 6.07) is 15.8. The largest absolute Gasteiger partial charge is 0.496 e. The Morgan fingerprint density at radius 2 is 1.90 bits per heavy atom. The molecule has 0 fully saturated rings. The van der Waals surface area contributed by atoms with E-state index in [4.69, 9.17) is 4.74 Å². The summed E-state index contributed by atoms with van der Waals surface area (Å²) in [5.74, 6) is 0.768. The lowest BCUT2D eigenvalue weighted by atomic mass is 9.91. The van der Waals surface area contributed by atoms with Crippen LogP contribution >= 0.6 is 0 Å². The first-order chi connectivity index (χ1) is 9.59. The van der Waals surface area contributed by atoms with E-state index in [1.165, 1.54) is 5.56 Å². The lowest BCUT2D eigenvalue weighted by Crippen LogP contribution is -2.36. The van der Waals surface area contributed by atoms with Crippen molar-refractivity contribution in [2.75, 3.05) is 19.0 Å². The molecule has 0 saturated heterocycles. The van der Waals surface area contributed by atoms with Crippen LogP contribution in [0.5, 0.6) is 5.75 Å². The van der Waals surface area contributed by atoms with Crippen LogP contribution in [0.1, 0.15) is 18.1 Å². The van der Waals surface area contributed by atoms with Crippen molar-refractivity contribution in [2.24, 2.45) is 0 Å². The number of rotatable bonds is 5. The van der Waals surface area contributed by atoms with Gasteiger partial charge < -0.3 is 15.2 Å². The predicted molar refractivity (Wildman–Crippen MR) is 82.2 cm³/mol. The van der Waals surface area contributed by atoms with Crippen LogP contribution in [0, 0.1) is 6.92 Å². The Balaban J connectivity index is 2.38. The van der Waals surface area contributed by atoms with Crippen LogP contribution in [0.4, 0.5) is 5.69 Å². The van der Waals surface area contributed by atoms with Crippen molar-refractivity contribution in [3.63, 3.8) is 0 Å². The number of aryl methyl sites for hydroxylation is 1. The molecule has 2 rings (SSSR count). The normalized spacial score (nSPS) is 13.6. The Kier molecular flexibility index (Phi) is 4.30. The zero-order valence-electron chi connectivity index (χ0n) is 12.2. The molecule has 1 atom stereocenters. The van der Waals surface area contributed by atoms with Crippen LogP contribution in [0.15, 0.2) is 48.5 Å². The van der Waals surface area contributed by atoms with Crippen molar-refractivity contribution in [3.8, 4) is 5.75 Å². The standard InChI is InChI=1S/C17H21NO2/c1-13-7-6-8-14(11-13)18-17(2,12-19)15-9-4-5-10-16(15)20-3/h4-11,18-19H,12H2,1-3H3. The summed E-state index contributed by atoms with van der Waals surface area (Å²) in [4.78, 5) is 0. The van der Waals surface area contributed by atoms with Crippen LogP contribution in [-0.2, 0) is 5.54 Å². The second-order valence-corrected chi connectivity index (χ2v) is 5.18. The van der Waals surface area contributed by atoms with Gasteiger partial charge in [0.25, 0.3) is 0 Å². The molecule has 106 valence electrons. The van der Waals surface area contributed by atoms with E-state index in [0.29, 0.717) is 0 Å². The number of benzene rings is 2. The van der Waals surface area contributed by atoms with Gasteiger partial charge in [-0.25, -0.2) is 0 Å². The van der Waals surface area contributed by atoms with Crippen LogP contribution in [0.2, 0.25) is 0 Å². The van der Waals surface area contributed by atoms with E-state index >= 15 is 0 Å². The molecule has 0 heterocycles. The maximum atomic E-state index is 9.87. The first-order valence-electron chi connectivity index (χ1n) is 6.68. The van der Waals surface area contributed by atoms with Gasteiger partial charge in [0.15, 0.2) is 0 Å². The summed E-state index contributed by atoms with van der Waals surface area (Å²) in [5.41, 5.74) is 2.50. The number of ether oxygens (including phenoxy) is 1. The fourth-order valence-electron chi connectivity index (χ4n) is 2.33. The van der Waals surface area contributed by atoms with Gasteiger partial charge in [-0.15, -0.1) is 0 Å². The molecule has 0 spiro atoms. The highest BCUT2D eigenvalue weighted by Gasteiger charge is 2.28. The van der Waals surface area contributed by atoms with Crippen molar-refractivity contribution in [3.05, 3.63) is 59.7 Å². The number of nitrogens with one attached hydrogen (secondary N) is 1. The minimum Gasteiger partial charge on any atom is -0.496 e. The number of anilines is 1. The van der Waals surface area contributed by atoms with Gasteiger partial charge in [0.2, 0.25) is 0 Å². The second-order valence-electron chi connectivity index (χ2n) is 5.18. The van der Waals surface area contributed by atoms with Crippen LogP contribution in [0.3, 0.4) is 0 Å². The van der Waals surface area contributed by atoms with Gasteiger partial charge in [0, 0.05) is 11.3 Å². The summed E-state index contributed by atoms with van der Waals surface area (Å²) < 4.78 is 5.40. The fourth-order valence-corrected chi connectivity index (χ4v) is 2.33.